The fourth-order valence-electron chi connectivity index (χ4n) is 15.1. The van der Waals surface area contributed by atoms with E-state index in [-0.39, 0.29) is 82.4 Å². The van der Waals surface area contributed by atoms with Crippen LogP contribution in [-0.4, -0.2) is 73.5 Å². The minimum Gasteiger partial charge on any atom is -0.481 e. The molecule has 108 heavy (non-hydrogen) atoms. The van der Waals surface area contributed by atoms with Gasteiger partial charge in [0.2, 0.25) is 0 Å². The van der Waals surface area contributed by atoms with E-state index in [4.69, 9.17) is 28.8 Å². The van der Waals surface area contributed by atoms with Crippen molar-refractivity contribution in [1.82, 2.24) is 0 Å². The van der Waals surface area contributed by atoms with Crippen molar-refractivity contribution in [3.05, 3.63) is 12.2 Å². The first-order valence-corrected chi connectivity index (χ1v) is 47.8. The summed E-state index contributed by atoms with van der Waals surface area (Å²) in [5.41, 5.74) is 0. The van der Waals surface area contributed by atoms with Gasteiger partial charge in [0.25, 0.3) is 0 Å². The first-order chi connectivity index (χ1) is 53.1. The molecular formula is C96H180O12. The van der Waals surface area contributed by atoms with E-state index in [0.29, 0.717) is 25.7 Å². The van der Waals surface area contributed by atoms with E-state index in [1.165, 1.54) is 283 Å². The molecule has 12 nitrogen and oxygen atoms in total. The highest BCUT2D eigenvalue weighted by Crippen LogP contribution is 2.27. The van der Waals surface area contributed by atoms with Crippen molar-refractivity contribution in [3.63, 3.8) is 0 Å². The normalized spacial score (nSPS) is 11.9. The molecule has 0 spiro atoms. The van der Waals surface area contributed by atoms with Gasteiger partial charge >= 0.3 is 35.8 Å². The van der Waals surface area contributed by atoms with Gasteiger partial charge in [-0.1, -0.05) is 438 Å². The summed E-state index contributed by atoms with van der Waals surface area (Å²) in [5.74, 6) is -4.18. The van der Waals surface area contributed by atoms with Gasteiger partial charge in [0.1, 0.15) is 13.2 Å². The number of rotatable bonds is 90. The molecule has 1 unspecified atom stereocenters. The van der Waals surface area contributed by atoms with Crippen LogP contribution in [0, 0.1) is 11.8 Å². The Kier molecular flexibility index (Phi) is 84.7. The van der Waals surface area contributed by atoms with Crippen molar-refractivity contribution in [2.75, 3.05) is 26.4 Å². The molecule has 12 heteroatoms. The van der Waals surface area contributed by atoms with Crippen molar-refractivity contribution >= 4 is 35.8 Å². The van der Waals surface area contributed by atoms with Crippen molar-refractivity contribution in [2.24, 2.45) is 11.8 Å². The number of allylic oxidation sites excluding steroid dienone is 2. The van der Waals surface area contributed by atoms with Crippen LogP contribution in [0.2, 0.25) is 0 Å². The molecule has 0 aliphatic heterocycles. The zero-order chi connectivity index (χ0) is 78.4. The van der Waals surface area contributed by atoms with Gasteiger partial charge in [-0.05, 0) is 64.2 Å². The maximum Gasteiger partial charge on any atom is 0.310 e. The zero-order valence-corrected chi connectivity index (χ0v) is 72.1. The largest absolute Gasteiger partial charge is 0.481 e. The fourth-order valence-corrected chi connectivity index (χ4v) is 15.1. The lowest BCUT2D eigenvalue weighted by Gasteiger charge is -2.27. The van der Waals surface area contributed by atoms with Crippen LogP contribution in [0.15, 0.2) is 12.2 Å². The van der Waals surface area contributed by atoms with Gasteiger partial charge in [-0.3, -0.25) is 28.8 Å². The van der Waals surface area contributed by atoms with Crippen molar-refractivity contribution in [3.8, 4) is 0 Å². The summed E-state index contributed by atoms with van der Waals surface area (Å²) in [6.45, 7) is 8.36. The Hall–Kier alpha value is -3.44. The summed E-state index contributed by atoms with van der Waals surface area (Å²) in [4.78, 5) is 80.1. The molecule has 0 radical (unpaired) electrons. The lowest BCUT2D eigenvalue weighted by molar-refractivity contribution is -0.173. The average molecular weight is 1530 g/mol. The second-order valence-electron chi connectivity index (χ2n) is 33.1. The number of carbonyl (C=O) groups is 6. The maximum atomic E-state index is 15.1. The maximum absolute atomic E-state index is 15.1. The Morgan fingerprint density at radius 2 is 0.435 bits per heavy atom. The van der Waals surface area contributed by atoms with Gasteiger partial charge in [-0.2, -0.15) is 0 Å². The summed E-state index contributed by atoms with van der Waals surface area (Å²) < 4.78 is 30.3. The molecule has 0 aliphatic carbocycles. The average Bonchev–Trinajstić information content (AvgIpc) is 0.867. The van der Waals surface area contributed by atoms with E-state index in [0.717, 1.165) is 154 Å². The van der Waals surface area contributed by atoms with E-state index in [1.807, 2.05) is 0 Å². The van der Waals surface area contributed by atoms with E-state index in [9.17, 15) is 24.0 Å². The molecule has 0 aromatic rings. The molecule has 0 aromatic carbocycles. The Bertz CT molecular complexity index is 1850. The third-order valence-corrected chi connectivity index (χ3v) is 22.4. The van der Waals surface area contributed by atoms with Crippen LogP contribution in [0.1, 0.15) is 522 Å². The first kappa shape index (κ1) is 105. The van der Waals surface area contributed by atoms with Crippen molar-refractivity contribution < 1.29 is 57.6 Å². The minimum atomic E-state index is -1.06. The third-order valence-electron chi connectivity index (χ3n) is 22.4. The molecule has 0 aromatic heterocycles. The van der Waals surface area contributed by atoms with Crippen LogP contribution in [-0.2, 0) is 52.5 Å². The summed E-state index contributed by atoms with van der Waals surface area (Å²) in [7, 11) is 0. The lowest BCUT2D eigenvalue weighted by Crippen LogP contribution is -2.38. The van der Waals surface area contributed by atoms with Gasteiger partial charge in [0.15, 0.2) is 6.10 Å². The van der Waals surface area contributed by atoms with Crippen LogP contribution < -0.4 is 0 Å². The highest BCUT2D eigenvalue weighted by atomic mass is 16.6. The van der Waals surface area contributed by atoms with E-state index in [1.54, 1.807) is 0 Å². The second-order valence-corrected chi connectivity index (χ2v) is 33.1. The number of esters is 5. The number of unbranched alkanes of at least 4 members (excludes halogenated alkanes) is 65. The minimum absolute atomic E-state index is 0.107. The molecule has 0 saturated carbocycles. The number of carboxylic acid groups (broad SMARTS) is 1. The topological polar surface area (TPSA) is 169 Å². The fraction of sp³-hybridized carbons (Fsp3) is 0.917. The van der Waals surface area contributed by atoms with E-state index >= 15 is 4.79 Å². The summed E-state index contributed by atoms with van der Waals surface area (Å²) in [6.07, 6.45) is 89.5. The highest BCUT2D eigenvalue weighted by molar-refractivity contribution is 5.74. The molecule has 1 atom stereocenters. The lowest BCUT2D eigenvalue weighted by atomic mass is 9.88. The van der Waals surface area contributed by atoms with E-state index in [2.05, 4.69) is 39.8 Å². The number of ether oxygens (including phenoxy) is 5. The molecule has 636 valence electrons. The number of hydrogen-bond acceptors (Lipinski definition) is 11. The molecule has 0 rings (SSSR count). The third kappa shape index (κ3) is 80.6. The monoisotopic (exact) mass is 1530 g/mol. The van der Waals surface area contributed by atoms with Gasteiger partial charge in [0, 0.05) is 38.0 Å². The van der Waals surface area contributed by atoms with Crippen LogP contribution in [0.4, 0.5) is 0 Å². The summed E-state index contributed by atoms with van der Waals surface area (Å²) >= 11 is 0. The number of aliphatic carboxylic acids is 1. The molecule has 0 aliphatic rings. The standard InChI is InChI=1S/C96H180O12/c1-5-9-13-17-21-25-29-33-37-44-50-56-62-68-74-80-92(99)104-84-88(85-105-93(100)81-75-69-63-57-51-45-38-34-30-26-22-18-14-10-6-2)90(78-72-66-60-54-48-42-41-43-49-55-61-67-73-79-91(97)98)96(103)108-89(86-106-94(101)82-76-70-64-58-52-46-39-35-31-27-23-19-15-11-7-3)87-107-95(102)83-77-71-65-59-53-47-40-36-32-28-24-20-16-12-8-4/h41-42,88-90H,5-40,43-87H2,1-4H3,(H,97,98)/b42-41+. The van der Waals surface area contributed by atoms with Crippen LogP contribution in [0.25, 0.3) is 0 Å². The summed E-state index contributed by atoms with van der Waals surface area (Å²) in [5, 5.41) is 8.95. The number of carbonyl (C=O) groups excluding carboxylic acids is 5. The molecule has 0 fully saturated rings. The zero-order valence-electron chi connectivity index (χ0n) is 72.1. The predicted octanol–water partition coefficient (Wildman–Crippen LogP) is 30.1. The van der Waals surface area contributed by atoms with Gasteiger partial charge in [-0.25, -0.2) is 0 Å². The van der Waals surface area contributed by atoms with Gasteiger partial charge in [0.05, 0.1) is 19.1 Å². The molecule has 0 heterocycles. The quantitative estimate of drug-likeness (QED) is 0.0265. The molecule has 1 N–H and O–H groups in total. The highest BCUT2D eigenvalue weighted by Gasteiger charge is 2.34. The predicted molar refractivity (Wildman–Crippen MR) is 456 cm³/mol. The number of carboxylic acids is 1. The Balaban J connectivity index is 6.28. The van der Waals surface area contributed by atoms with Crippen LogP contribution in [0.5, 0.6) is 0 Å². The van der Waals surface area contributed by atoms with Crippen molar-refractivity contribution in [2.45, 2.75) is 528 Å². The Morgan fingerprint density at radius 1 is 0.241 bits per heavy atom. The first-order valence-electron chi connectivity index (χ1n) is 47.8. The van der Waals surface area contributed by atoms with Crippen LogP contribution in [0.3, 0.4) is 0 Å². The SMILES string of the molecule is CCCCCCCCCCCCCCCCCC(=O)OCC(COC(=O)CCCCCCCCCCCCCCCCC)OC(=O)C(CCCCCC/C=C/CCCCCCCC(=O)O)C(COC(=O)CCCCCCCCCCCCCCCCC)COC(=O)CCCCCCCCCCCCCCCCC. The van der Waals surface area contributed by atoms with E-state index < -0.39 is 29.9 Å². The number of hydrogen-bond donors (Lipinski definition) is 1. The van der Waals surface area contributed by atoms with Crippen LogP contribution >= 0.6 is 0 Å². The smallest absolute Gasteiger partial charge is 0.310 e. The Labute approximate surface area is 668 Å². The molecular weight excluding hydrogens is 1350 g/mol. The van der Waals surface area contributed by atoms with Gasteiger partial charge in [-0.15, -0.1) is 0 Å². The molecule has 0 amide bonds. The second kappa shape index (κ2) is 87.5. The molecule has 0 saturated heterocycles. The molecule has 0 bridgehead atoms. The Morgan fingerprint density at radius 3 is 0.667 bits per heavy atom. The van der Waals surface area contributed by atoms with Gasteiger partial charge < -0.3 is 28.8 Å². The van der Waals surface area contributed by atoms with Crippen molar-refractivity contribution in [1.29, 1.82) is 0 Å². The summed E-state index contributed by atoms with van der Waals surface area (Å²) in [6, 6.07) is 0.